The molecule has 2 rings (SSSR count). The number of H-pyrrole nitrogens is 1. The predicted molar refractivity (Wildman–Crippen MR) is 89.8 cm³/mol. The van der Waals surface area contributed by atoms with Gasteiger partial charge in [0.1, 0.15) is 5.60 Å². The zero-order chi connectivity index (χ0) is 16.7. The van der Waals surface area contributed by atoms with Crippen LogP contribution >= 0.6 is 0 Å². The molecule has 0 fully saturated rings. The number of carbonyl (C=O) groups is 1. The Balaban J connectivity index is 1.78. The molecule has 0 unspecified atom stereocenters. The summed E-state index contributed by atoms with van der Waals surface area (Å²) in [5.74, 6) is 6.10. The van der Waals surface area contributed by atoms with Crippen LogP contribution in [0.2, 0.25) is 0 Å². The Morgan fingerprint density at radius 1 is 1.30 bits per heavy atom. The molecule has 0 radical (unpaired) electrons. The van der Waals surface area contributed by atoms with Crippen LogP contribution < -0.4 is 5.32 Å². The molecule has 0 spiro atoms. The molecule has 0 bridgehead atoms. The first-order valence-corrected chi connectivity index (χ1v) is 7.48. The Kier molecular flexibility index (Phi) is 5.42. The zero-order valence-corrected chi connectivity index (χ0v) is 13.6. The minimum absolute atomic E-state index is 0.414. The van der Waals surface area contributed by atoms with E-state index in [0.717, 1.165) is 16.8 Å². The normalized spacial score (nSPS) is 10.6. The van der Waals surface area contributed by atoms with E-state index < -0.39 is 11.7 Å². The number of aromatic nitrogens is 2. The van der Waals surface area contributed by atoms with Gasteiger partial charge in [-0.3, -0.25) is 0 Å². The summed E-state index contributed by atoms with van der Waals surface area (Å²) in [6, 6.07) is 7.92. The van der Waals surface area contributed by atoms with Crippen LogP contribution in [0, 0.1) is 11.8 Å². The average Bonchev–Trinajstić information content (AvgIpc) is 3.00. The summed E-state index contributed by atoms with van der Waals surface area (Å²) in [4.78, 5) is 18.5. The minimum Gasteiger partial charge on any atom is -0.444 e. The van der Waals surface area contributed by atoms with E-state index in [1.165, 1.54) is 0 Å². The molecule has 0 atom stereocenters. The molecule has 1 heterocycles. The fourth-order valence-corrected chi connectivity index (χ4v) is 1.85. The van der Waals surface area contributed by atoms with Crippen molar-refractivity contribution in [3.63, 3.8) is 0 Å². The van der Waals surface area contributed by atoms with Crippen LogP contribution in [0.4, 0.5) is 4.79 Å². The number of ether oxygens (including phenoxy) is 1. The van der Waals surface area contributed by atoms with Gasteiger partial charge in [0.05, 0.1) is 18.2 Å². The lowest BCUT2D eigenvalue weighted by atomic mass is 10.1. The predicted octanol–water partition coefficient (Wildman–Crippen LogP) is 3.34. The number of carbonyl (C=O) groups excluding carboxylic acids is 1. The quantitative estimate of drug-likeness (QED) is 0.675. The third-order valence-electron chi connectivity index (χ3n) is 2.85. The smallest absolute Gasteiger partial charge is 0.407 e. The van der Waals surface area contributed by atoms with Crippen LogP contribution in [0.3, 0.4) is 0 Å². The van der Waals surface area contributed by atoms with E-state index in [1.54, 1.807) is 12.5 Å². The molecule has 0 saturated carbocycles. The van der Waals surface area contributed by atoms with Crippen molar-refractivity contribution >= 4 is 6.09 Å². The number of benzene rings is 1. The highest BCUT2D eigenvalue weighted by atomic mass is 16.6. The van der Waals surface area contributed by atoms with Crippen LogP contribution in [-0.4, -0.2) is 28.2 Å². The lowest BCUT2D eigenvalue weighted by Crippen LogP contribution is -2.32. The largest absolute Gasteiger partial charge is 0.444 e. The third kappa shape index (κ3) is 5.87. The van der Waals surface area contributed by atoms with Crippen LogP contribution in [0.5, 0.6) is 0 Å². The second-order valence-corrected chi connectivity index (χ2v) is 6.02. The van der Waals surface area contributed by atoms with E-state index in [1.807, 2.05) is 45.0 Å². The highest BCUT2D eigenvalue weighted by molar-refractivity contribution is 5.67. The Labute approximate surface area is 136 Å². The van der Waals surface area contributed by atoms with Gasteiger partial charge in [-0.15, -0.1) is 0 Å². The van der Waals surface area contributed by atoms with Crippen molar-refractivity contribution in [1.82, 2.24) is 15.3 Å². The van der Waals surface area contributed by atoms with E-state index >= 15 is 0 Å². The Bertz CT molecular complexity index is 687. The third-order valence-corrected chi connectivity index (χ3v) is 2.85. The summed E-state index contributed by atoms with van der Waals surface area (Å²) >= 11 is 0. The van der Waals surface area contributed by atoms with Gasteiger partial charge in [-0.1, -0.05) is 24.0 Å². The maximum absolute atomic E-state index is 11.5. The highest BCUT2D eigenvalue weighted by Gasteiger charge is 2.15. The first-order valence-electron chi connectivity index (χ1n) is 7.48. The SMILES string of the molecule is CC(C)(C)OC(=O)NCCC#Cc1ccc(-c2cnc[nH]2)cc1. The number of nitrogens with zero attached hydrogens (tertiary/aromatic N) is 1. The number of aromatic amines is 1. The molecule has 1 aromatic heterocycles. The zero-order valence-electron chi connectivity index (χ0n) is 13.6. The van der Waals surface area contributed by atoms with Gasteiger partial charge in [-0.2, -0.15) is 0 Å². The molecule has 0 aliphatic heterocycles. The molecule has 0 saturated heterocycles. The Hall–Kier alpha value is -2.74. The average molecular weight is 311 g/mol. The fraction of sp³-hybridized carbons (Fsp3) is 0.333. The summed E-state index contributed by atoms with van der Waals surface area (Å²) in [5, 5.41) is 2.68. The van der Waals surface area contributed by atoms with Crippen molar-refractivity contribution in [2.75, 3.05) is 6.54 Å². The second-order valence-electron chi connectivity index (χ2n) is 6.02. The summed E-state index contributed by atoms with van der Waals surface area (Å²) in [6.07, 6.45) is 3.59. The topological polar surface area (TPSA) is 67.0 Å². The molecular weight excluding hydrogens is 290 g/mol. The molecule has 0 aliphatic carbocycles. The summed E-state index contributed by atoms with van der Waals surface area (Å²) in [7, 11) is 0. The monoisotopic (exact) mass is 311 g/mol. The highest BCUT2D eigenvalue weighted by Crippen LogP contribution is 2.15. The lowest BCUT2D eigenvalue weighted by Gasteiger charge is -2.19. The van der Waals surface area contributed by atoms with Crippen LogP contribution in [0.25, 0.3) is 11.3 Å². The standard InChI is InChI=1S/C18H21N3O2/c1-18(2,3)23-17(22)20-11-5-4-6-14-7-9-15(10-8-14)16-12-19-13-21-16/h7-10,12-13H,5,11H2,1-3H3,(H,19,21)(H,20,22). The number of hydrogen-bond acceptors (Lipinski definition) is 3. The van der Waals surface area contributed by atoms with Crippen molar-refractivity contribution < 1.29 is 9.53 Å². The van der Waals surface area contributed by atoms with Gasteiger partial charge >= 0.3 is 6.09 Å². The van der Waals surface area contributed by atoms with Gasteiger partial charge in [0.2, 0.25) is 0 Å². The summed E-state index contributed by atoms with van der Waals surface area (Å²) in [6.45, 7) is 5.96. The summed E-state index contributed by atoms with van der Waals surface area (Å²) in [5.41, 5.74) is 2.50. The van der Waals surface area contributed by atoms with Crippen molar-refractivity contribution in [2.24, 2.45) is 0 Å². The maximum Gasteiger partial charge on any atom is 0.407 e. The molecule has 23 heavy (non-hydrogen) atoms. The molecule has 1 amide bonds. The maximum atomic E-state index is 11.5. The van der Waals surface area contributed by atoms with Gasteiger partial charge in [0.15, 0.2) is 0 Å². The van der Waals surface area contributed by atoms with Gasteiger partial charge < -0.3 is 15.0 Å². The summed E-state index contributed by atoms with van der Waals surface area (Å²) < 4.78 is 5.14. The van der Waals surface area contributed by atoms with Crippen LogP contribution in [-0.2, 0) is 4.74 Å². The number of nitrogens with one attached hydrogen (secondary N) is 2. The van der Waals surface area contributed by atoms with Crippen molar-refractivity contribution in [3.05, 3.63) is 42.4 Å². The first kappa shape index (κ1) is 16.6. The van der Waals surface area contributed by atoms with Gasteiger partial charge in [-0.25, -0.2) is 9.78 Å². The second kappa shape index (κ2) is 7.50. The molecule has 5 heteroatoms. The molecule has 5 nitrogen and oxygen atoms in total. The number of alkyl carbamates (subject to hydrolysis) is 1. The first-order chi connectivity index (χ1) is 10.9. The Morgan fingerprint density at radius 2 is 2.04 bits per heavy atom. The van der Waals surface area contributed by atoms with Gasteiger partial charge in [-0.05, 0) is 38.5 Å². The lowest BCUT2D eigenvalue weighted by molar-refractivity contribution is 0.0529. The van der Waals surface area contributed by atoms with Crippen molar-refractivity contribution in [1.29, 1.82) is 0 Å². The molecule has 2 aromatic rings. The molecule has 1 aromatic carbocycles. The Morgan fingerprint density at radius 3 is 2.65 bits per heavy atom. The van der Waals surface area contributed by atoms with Crippen molar-refractivity contribution in [2.45, 2.75) is 32.8 Å². The molecule has 0 aliphatic rings. The number of imidazole rings is 1. The van der Waals surface area contributed by atoms with Crippen LogP contribution in [0.15, 0.2) is 36.8 Å². The van der Waals surface area contributed by atoms with E-state index in [2.05, 4.69) is 27.1 Å². The van der Waals surface area contributed by atoms with Gasteiger partial charge in [0.25, 0.3) is 0 Å². The molecule has 120 valence electrons. The molecular formula is C18H21N3O2. The fourth-order valence-electron chi connectivity index (χ4n) is 1.85. The van der Waals surface area contributed by atoms with E-state index in [9.17, 15) is 4.79 Å². The minimum atomic E-state index is -0.480. The van der Waals surface area contributed by atoms with Crippen molar-refractivity contribution in [3.8, 4) is 23.1 Å². The van der Waals surface area contributed by atoms with E-state index in [0.29, 0.717) is 13.0 Å². The van der Waals surface area contributed by atoms with Gasteiger partial charge in [0, 0.05) is 18.5 Å². The van der Waals surface area contributed by atoms with E-state index in [4.69, 9.17) is 4.74 Å². The number of amides is 1. The van der Waals surface area contributed by atoms with Crippen LogP contribution in [0.1, 0.15) is 32.8 Å². The molecule has 2 N–H and O–H groups in total. The number of rotatable bonds is 3. The number of hydrogen-bond donors (Lipinski definition) is 2. The van der Waals surface area contributed by atoms with E-state index in [-0.39, 0.29) is 0 Å².